The zero-order valence-corrected chi connectivity index (χ0v) is 16.0. The molecule has 4 rings (SSSR count). The van der Waals surface area contributed by atoms with E-state index in [1.807, 2.05) is 0 Å². The average molecular weight is 431 g/mol. The number of nitrogens with zero attached hydrogens (tertiary/aromatic N) is 2. The number of carbonyl (C=O) groups excluding carboxylic acids is 1. The SMILES string of the molecule is O=C(Cc1cscn1)Nc1cccc2ccc(-c3cc(F)cc(C(F)(F)F)c3)nc12. The summed E-state index contributed by atoms with van der Waals surface area (Å²) in [7, 11) is 0. The Morgan fingerprint density at radius 3 is 2.67 bits per heavy atom. The van der Waals surface area contributed by atoms with Gasteiger partial charge in [0.05, 0.1) is 40.1 Å². The van der Waals surface area contributed by atoms with Gasteiger partial charge in [-0.05, 0) is 30.3 Å². The standard InChI is InChI=1S/C21H13F4N3OS/c22-15-7-13(6-14(8-15)21(23,24)25)17-5-4-12-2-1-3-18(20(12)28-17)27-19(29)9-16-10-30-11-26-16/h1-8,10-11H,9H2,(H,27,29). The van der Waals surface area contributed by atoms with E-state index in [0.29, 0.717) is 28.4 Å². The van der Waals surface area contributed by atoms with Crippen LogP contribution in [0, 0.1) is 5.82 Å². The molecular weight excluding hydrogens is 418 g/mol. The van der Waals surface area contributed by atoms with Gasteiger partial charge >= 0.3 is 6.18 Å². The summed E-state index contributed by atoms with van der Waals surface area (Å²) in [6, 6.07) is 10.6. The van der Waals surface area contributed by atoms with E-state index in [2.05, 4.69) is 15.3 Å². The monoisotopic (exact) mass is 431 g/mol. The largest absolute Gasteiger partial charge is 0.416 e. The molecule has 1 amide bonds. The molecule has 0 unspecified atom stereocenters. The van der Waals surface area contributed by atoms with E-state index in [1.54, 1.807) is 35.2 Å². The normalized spacial score (nSPS) is 11.6. The molecule has 0 radical (unpaired) electrons. The number of rotatable bonds is 4. The number of thiazole rings is 1. The molecule has 1 N–H and O–H groups in total. The van der Waals surface area contributed by atoms with E-state index in [1.165, 1.54) is 17.4 Å². The average Bonchev–Trinajstić information content (AvgIpc) is 3.19. The molecule has 0 aliphatic heterocycles. The second-order valence-corrected chi connectivity index (χ2v) is 7.22. The first-order chi connectivity index (χ1) is 14.3. The van der Waals surface area contributed by atoms with E-state index >= 15 is 0 Å². The van der Waals surface area contributed by atoms with Gasteiger partial charge in [-0.2, -0.15) is 13.2 Å². The van der Waals surface area contributed by atoms with Crippen LogP contribution in [-0.2, 0) is 17.4 Å². The first-order valence-electron chi connectivity index (χ1n) is 8.74. The second-order valence-electron chi connectivity index (χ2n) is 6.50. The highest BCUT2D eigenvalue weighted by Gasteiger charge is 2.31. The van der Waals surface area contributed by atoms with E-state index in [9.17, 15) is 22.4 Å². The quantitative estimate of drug-likeness (QED) is 0.422. The Bertz CT molecular complexity index is 1220. The van der Waals surface area contributed by atoms with Gasteiger partial charge in [-0.3, -0.25) is 4.79 Å². The lowest BCUT2D eigenvalue weighted by molar-refractivity contribution is -0.137. The summed E-state index contributed by atoms with van der Waals surface area (Å²) in [6.07, 6.45) is -4.60. The van der Waals surface area contributed by atoms with Crippen molar-refractivity contribution in [3.05, 3.63) is 76.5 Å². The number of pyridine rings is 1. The van der Waals surface area contributed by atoms with Crippen molar-refractivity contribution in [3.63, 3.8) is 0 Å². The van der Waals surface area contributed by atoms with Crippen molar-refractivity contribution < 1.29 is 22.4 Å². The predicted octanol–water partition coefficient (Wildman–Crippen LogP) is 5.70. The number of alkyl halides is 3. The van der Waals surface area contributed by atoms with Gasteiger partial charge in [0.2, 0.25) is 5.91 Å². The first kappa shape index (κ1) is 20.0. The van der Waals surface area contributed by atoms with Gasteiger partial charge in [-0.1, -0.05) is 18.2 Å². The summed E-state index contributed by atoms with van der Waals surface area (Å²) in [5.74, 6) is -1.31. The van der Waals surface area contributed by atoms with Gasteiger partial charge < -0.3 is 5.32 Å². The minimum atomic E-state index is -4.68. The topological polar surface area (TPSA) is 54.9 Å². The Balaban J connectivity index is 1.71. The minimum absolute atomic E-state index is 0.00664. The fraction of sp³-hybridized carbons (Fsp3) is 0.0952. The summed E-state index contributed by atoms with van der Waals surface area (Å²) in [4.78, 5) is 20.8. The molecule has 4 nitrogen and oxygen atoms in total. The fourth-order valence-electron chi connectivity index (χ4n) is 2.99. The Kier molecular flexibility index (Phi) is 5.21. The van der Waals surface area contributed by atoms with Gasteiger partial charge in [0, 0.05) is 16.3 Å². The molecule has 152 valence electrons. The summed E-state index contributed by atoms with van der Waals surface area (Å²) >= 11 is 1.38. The Labute approximate surface area is 172 Å². The summed E-state index contributed by atoms with van der Waals surface area (Å²) in [6.45, 7) is 0. The van der Waals surface area contributed by atoms with Crippen molar-refractivity contribution in [2.24, 2.45) is 0 Å². The molecule has 0 aliphatic rings. The Hall–Kier alpha value is -3.33. The molecule has 0 fully saturated rings. The van der Waals surface area contributed by atoms with Crippen LogP contribution in [0.25, 0.3) is 22.2 Å². The number of benzene rings is 2. The van der Waals surface area contributed by atoms with Crippen LogP contribution in [0.2, 0.25) is 0 Å². The van der Waals surface area contributed by atoms with Crippen LogP contribution in [0.1, 0.15) is 11.3 Å². The van der Waals surface area contributed by atoms with E-state index in [0.717, 1.165) is 12.1 Å². The van der Waals surface area contributed by atoms with Gasteiger partial charge in [-0.25, -0.2) is 14.4 Å². The van der Waals surface area contributed by atoms with Gasteiger partial charge in [0.25, 0.3) is 0 Å². The lowest BCUT2D eigenvalue weighted by Gasteiger charge is -2.11. The summed E-state index contributed by atoms with van der Waals surface area (Å²) in [5, 5.41) is 5.20. The highest BCUT2D eigenvalue weighted by molar-refractivity contribution is 7.07. The van der Waals surface area contributed by atoms with Crippen LogP contribution in [0.3, 0.4) is 0 Å². The third-order valence-corrected chi connectivity index (χ3v) is 4.98. The predicted molar refractivity (Wildman–Crippen MR) is 107 cm³/mol. The van der Waals surface area contributed by atoms with Crippen LogP contribution < -0.4 is 5.32 Å². The number of nitrogens with one attached hydrogen (secondary N) is 1. The van der Waals surface area contributed by atoms with E-state index < -0.39 is 17.6 Å². The Morgan fingerprint density at radius 1 is 1.10 bits per heavy atom. The number of fused-ring (bicyclic) bond motifs is 1. The summed E-state index contributed by atoms with van der Waals surface area (Å²) in [5.41, 5.74) is 2.11. The van der Waals surface area contributed by atoms with E-state index in [4.69, 9.17) is 0 Å². The Morgan fingerprint density at radius 2 is 1.93 bits per heavy atom. The molecule has 2 aromatic carbocycles. The number of hydrogen-bond acceptors (Lipinski definition) is 4. The fourth-order valence-corrected chi connectivity index (χ4v) is 3.55. The lowest BCUT2D eigenvalue weighted by atomic mass is 10.1. The number of anilines is 1. The third-order valence-electron chi connectivity index (χ3n) is 4.34. The molecule has 30 heavy (non-hydrogen) atoms. The maximum absolute atomic E-state index is 13.8. The third kappa shape index (κ3) is 4.30. The highest BCUT2D eigenvalue weighted by atomic mass is 32.1. The highest BCUT2D eigenvalue weighted by Crippen LogP contribution is 2.33. The number of aromatic nitrogens is 2. The number of hydrogen-bond donors (Lipinski definition) is 1. The molecule has 0 spiro atoms. The molecule has 2 aromatic heterocycles. The first-order valence-corrected chi connectivity index (χ1v) is 9.69. The van der Waals surface area contributed by atoms with Crippen LogP contribution in [-0.4, -0.2) is 15.9 Å². The van der Waals surface area contributed by atoms with Crippen LogP contribution in [0.15, 0.2) is 59.4 Å². The molecule has 9 heteroatoms. The van der Waals surface area contributed by atoms with Crippen molar-refractivity contribution >= 4 is 33.8 Å². The van der Waals surface area contributed by atoms with Crippen LogP contribution in [0.5, 0.6) is 0 Å². The maximum Gasteiger partial charge on any atom is 0.416 e. The van der Waals surface area contributed by atoms with Crippen molar-refractivity contribution in [1.82, 2.24) is 9.97 Å². The van der Waals surface area contributed by atoms with Crippen molar-refractivity contribution in [2.75, 3.05) is 5.32 Å². The zero-order chi connectivity index (χ0) is 21.3. The van der Waals surface area contributed by atoms with Gasteiger partial charge in [0.15, 0.2) is 0 Å². The zero-order valence-electron chi connectivity index (χ0n) is 15.2. The lowest BCUT2D eigenvalue weighted by Crippen LogP contribution is -2.15. The number of para-hydroxylation sites is 1. The van der Waals surface area contributed by atoms with E-state index in [-0.39, 0.29) is 23.6 Å². The molecule has 0 atom stereocenters. The van der Waals surface area contributed by atoms with Crippen molar-refractivity contribution in [2.45, 2.75) is 12.6 Å². The van der Waals surface area contributed by atoms with Gasteiger partial charge in [0.1, 0.15) is 5.82 Å². The van der Waals surface area contributed by atoms with Crippen LogP contribution >= 0.6 is 11.3 Å². The molecule has 0 bridgehead atoms. The maximum atomic E-state index is 13.8. The van der Waals surface area contributed by atoms with Crippen molar-refractivity contribution in [3.8, 4) is 11.3 Å². The molecule has 0 saturated carbocycles. The van der Waals surface area contributed by atoms with Crippen molar-refractivity contribution in [1.29, 1.82) is 0 Å². The van der Waals surface area contributed by atoms with Crippen LogP contribution in [0.4, 0.5) is 23.2 Å². The number of amides is 1. The number of halogens is 4. The minimum Gasteiger partial charge on any atom is -0.324 e. The second kappa shape index (κ2) is 7.83. The molecule has 2 heterocycles. The molecule has 0 aliphatic carbocycles. The molecule has 0 saturated heterocycles. The molecule has 4 aromatic rings. The van der Waals surface area contributed by atoms with Gasteiger partial charge in [-0.15, -0.1) is 11.3 Å². The smallest absolute Gasteiger partial charge is 0.324 e. The summed E-state index contributed by atoms with van der Waals surface area (Å²) < 4.78 is 52.9. The molecular formula is C21H13F4N3OS. The number of carbonyl (C=O) groups is 1.